The Hall–Kier alpha value is -1.89. The molecule has 7 heteroatoms. The van der Waals surface area contributed by atoms with Crippen LogP contribution in [0.5, 0.6) is 0 Å². The number of nitrogens with zero attached hydrogens (tertiary/aromatic N) is 3. The van der Waals surface area contributed by atoms with Crippen molar-refractivity contribution < 1.29 is 14.3 Å². The Morgan fingerprint density at radius 1 is 1.55 bits per heavy atom. The first-order valence-corrected chi connectivity index (χ1v) is 6.55. The van der Waals surface area contributed by atoms with Gasteiger partial charge in [0.05, 0.1) is 20.3 Å². The van der Waals surface area contributed by atoms with Gasteiger partial charge in [-0.15, -0.1) is 0 Å². The molecule has 0 aliphatic carbocycles. The van der Waals surface area contributed by atoms with Gasteiger partial charge in [0.25, 0.3) is 5.56 Å². The Labute approximate surface area is 117 Å². The van der Waals surface area contributed by atoms with Crippen molar-refractivity contribution in [2.45, 2.75) is 25.9 Å². The normalized spacial score (nSPS) is 19.2. The summed E-state index contributed by atoms with van der Waals surface area (Å²) in [6, 6.07) is -0.598. The highest BCUT2D eigenvalue weighted by Crippen LogP contribution is 2.15. The van der Waals surface area contributed by atoms with E-state index in [2.05, 4.69) is 4.98 Å². The Morgan fingerprint density at radius 3 is 2.95 bits per heavy atom. The van der Waals surface area contributed by atoms with Crippen LogP contribution < -0.4 is 10.5 Å². The molecule has 1 unspecified atom stereocenters. The van der Waals surface area contributed by atoms with E-state index in [4.69, 9.17) is 9.47 Å². The Morgan fingerprint density at radius 2 is 2.30 bits per heavy atom. The lowest BCUT2D eigenvalue weighted by molar-refractivity contribution is -0.144. The highest BCUT2D eigenvalue weighted by molar-refractivity contribution is 5.79. The van der Waals surface area contributed by atoms with Gasteiger partial charge in [-0.3, -0.25) is 4.79 Å². The molecule has 2 rings (SSSR count). The van der Waals surface area contributed by atoms with Crippen molar-refractivity contribution in [3.05, 3.63) is 22.7 Å². The van der Waals surface area contributed by atoms with Crippen LogP contribution in [-0.4, -0.2) is 48.4 Å². The number of rotatable bonds is 3. The van der Waals surface area contributed by atoms with Crippen molar-refractivity contribution in [2.75, 3.05) is 31.8 Å². The smallest absolute Gasteiger partial charge is 0.330 e. The molecule has 1 aliphatic rings. The van der Waals surface area contributed by atoms with Crippen LogP contribution in [0.25, 0.3) is 0 Å². The molecule has 110 valence electrons. The van der Waals surface area contributed by atoms with Gasteiger partial charge in [-0.25, -0.2) is 9.78 Å². The summed E-state index contributed by atoms with van der Waals surface area (Å²) >= 11 is 0. The quantitative estimate of drug-likeness (QED) is 0.737. The summed E-state index contributed by atoms with van der Waals surface area (Å²) < 4.78 is 11.6. The minimum atomic E-state index is -0.628. The van der Waals surface area contributed by atoms with E-state index in [0.29, 0.717) is 13.2 Å². The van der Waals surface area contributed by atoms with Crippen LogP contribution in [0.4, 0.5) is 5.82 Å². The third-order valence-electron chi connectivity index (χ3n) is 3.28. The Bertz CT molecular complexity index is 541. The fourth-order valence-corrected chi connectivity index (χ4v) is 2.21. The summed E-state index contributed by atoms with van der Waals surface area (Å²) in [5.41, 5.74) is -0.210. The van der Waals surface area contributed by atoms with E-state index in [1.54, 1.807) is 21.9 Å². The summed E-state index contributed by atoms with van der Waals surface area (Å²) in [6.45, 7) is 4.92. The van der Waals surface area contributed by atoms with Gasteiger partial charge in [0.1, 0.15) is 0 Å². The number of hydrogen-bond acceptors (Lipinski definition) is 6. The minimum absolute atomic E-state index is 0.0295. The largest absolute Gasteiger partial charge is 0.467 e. The maximum absolute atomic E-state index is 12.4. The first-order chi connectivity index (χ1) is 9.56. The standard InChI is InChI=1S/C13H19N3O4/c1-9(2)15-5-4-14-11(12(15)17)16-6-7-20-8-10(16)13(18)19-3/h4-5,9-10H,6-8H2,1-3H3. The highest BCUT2D eigenvalue weighted by atomic mass is 16.5. The van der Waals surface area contributed by atoms with Crippen molar-refractivity contribution in [1.29, 1.82) is 0 Å². The number of carbonyl (C=O) groups is 1. The number of carbonyl (C=O) groups excluding carboxylic acids is 1. The number of morpholine rings is 1. The predicted molar refractivity (Wildman–Crippen MR) is 72.9 cm³/mol. The summed E-state index contributed by atoms with van der Waals surface area (Å²) in [4.78, 5) is 30.0. The second-order valence-electron chi connectivity index (χ2n) is 4.86. The molecule has 1 atom stereocenters. The van der Waals surface area contributed by atoms with E-state index in [1.807, 2.05) is 13.8 Å². The molecule has 0 radical (unpaired) electrons. The first kappa shape index (κ1) is 14.5. The molecule has 1 aliphatic heterocycles. The van der Waals surface area contributed by atoms with Crippen molar-refractivity contribution in [2.24, 2.45) is 0 Å². The van der Waals surface area contributed by atoms with Gasteiger partial charge in [0.2, 0.25) is 0 Å². The molecule has 0 bridgehead atoms. The number of hydrogen-bond donors (Lipinski definition) is 0. The minimum Gasteiger partial charge on any atom is -0.467 e. The zero-order chi connectivity index (χ0) is 14.7. The van der Waals surface area contributed by atoms with Gasteiger partial charge in [0.15, 0.2) is 11.9 Å². The van der Waals surface area contributed by atoms with E-state index in [1.165, 1.54) is 7.11 Å². The van der Waals surface area contributed by atoms with Gasteiger partial charge in [-0.1, -0.05) is 0 Å². The van der Waals surface area contributed by atoms with Crippen LogP contribution >= 0.6 is 0 Å². The molecular weight excluding hydrogens is 262 g/mol. The summed E-state index contributed by atoms with van der Waals surface area (Å²) in [5.74, 6) is -0.161. The second-order valence-corrected chi connectivity index (χ2v) is 4.86. The average Bonchev–Trinajstić information content (AvgIpc) is 2.46. The highest BCUT2D eigenvalue weighted by Gasteiger charge is 2.33. The number of anilines is 1. The number of aromatic nitrogens is 2. The zero-order valence-corrected chi connectivity index (χ0v) is 11.9. The van der Waals surface area contributed by atoms with E-state index in [9.17, 15) is 9.59 Å². The fourth-order valence-electron chi connectivity index (χ4n) is 2.21. The van der Waals surface area contributed by atoms with E-state index in [-0.39, 0.29) is 24.0 Å². The summed E-state index contributed by atoms with van der Waals surface area (Å²) in [6.07, 6.45) is 3.21. The SMILES string of the molecule is COC(=O)C1COCCN1c1nccn(C(C)C)c1=O. The van der Waals surface area contributed by atoms with Crippen molar-refractivity contribution in [3.63, 3.8) is 0 Å². The maximum Gasteiger partial charge on any atom is 0.330 e. The molecule has 1 fully saturated rings. The van der Waals surface area contributed by atoms with Gasteiger partial charge in [-0.05, 0) is 13.8 Å². The molecule has 20 heavy (non-hydrogen) atoms. The zero-order valence-electron chi connectivity index (χ0n) is 11.9. The van der Waals surface area contributed by atoms with Crippen LogP contribution in [0.3, 0.4) is 0 Å². The van der Waals surface area contributed by atoms with Crippen molar-refractivity contribution in [3.8, 4) is 0 Å². The molecule has 0 aromatic carbocycles. The third-order valence-corrected chi connectivity index (χ3v) is 3.28. The Kier molecular flexibility index (Phi) is 4.39. The van der Waals surface area contributed by atoms with Crippen molar-refractivity contribution >= 4 is 11.8 Å². The van der Waals surface area contributed by atoms with Crippen LogP contribution in [0.15, 0.2) is 17.2 Å². The summed E-state index contributed by atoms with van der Waals surface area (Å²) in [5, 5.41) is 0. The molecule has 1 aromatic heterocycles. The number of methoxy groups -OCH3 is 1. The van der Waals surface area contributed by atoms with Crippen LogP contribution in [0.2, 0.25) is 0 Å². The topological polar surface area (TPSA) is 73.7 Å². The Balaban J connectivity index is 2.40. The van der Waals surface area contributed by atoms with E-state index in [0.717, 1.165) is 0 Å². The second kappa shape index (κ2) is 6.04. The molecule has 1 aromatic rings. The number of esters is 1. The van der Waals surface area contributed by atoms with Crippen LogP contribution in [0.1, 0.15) is 19.9 Å². The lowest BCUT2D eigenvalue weighted by atomic mass is 10.2. The van der Waals surface area contributed by atoms with Crippen LogP contribution in [0, 0.1) is 0 Å². The number of ether oxygens (including phenoxy) is 2. The lowest BCUT2D eigenvalue weighted by Gasteiger charge is -2.34. The molecule has 0 saturated carbocycles. The fraction of sp³-hybridized carbons (Fsp3) is 0.615. The van der Waals surface area contributed by atoms with Gasteiger partial charge >= 0.3 is 5.97 Å². The average molecular weight is 281 g/mol. The first-order valence-electron chi connectivity index (χ1n) is 6.55. The maximum atomic E-state index is 12.4. The molecule has 0 spiro atoms. The van der Waals surface area contributed by atoms with Crippen LogP contribution in [-0.2, 0) is 14.3 Å². The monoisotopic (exact) mass is 281 g/mol. The van der Waals surface area contributed by atoms with Gasteiger partial charge in [-0.2, -0.15) is 0 Å². The molecular formula is C13H19N3O4. The van der Waals surface area contributed by atoms with Gasteiger partial charge < -0.3 is 18.9 Å². The molecule has 2 heterocycles. The van der Waals surface area contributed by atoms with E-state index >= 15 is 0 Å². The van der Waals surface area contributed by atoms with E-state index < -0.39 is 12.0 Å². The molecule has 0 amide bonds. The lowest BCUT2D eigenvalue weighted by Crippen LogP contribution is -2.53. The van der Waals surface area contributed by atoms with Crippen molar-refractivity contribution in [1.82, 2.24) is 9.55 Å². The van der Waals surface area contributed by atoms with Gasteiger partial charge in [0, 0.05) is 25.0 Å². The molecule has 0 N–H and O–H groups in total. The molecule has 7 nitrogen and oxygen atoms in total. The third kappa shape index (κ3) is 2.67. The summed E-state index contributed by atoms with van der Waals surface area (Å²) in [7, 11) is 1.32. The predicted octanol–water partition coefficient (Wildman–Crippen LogP) is 0.202. The molecule has 1 saturated heterocycles.